The lowest BCUT2D eigenvalue weighted by molar-refractivity contribution is 0.261. The van der Waals surface area contributed by atoms with Gasteiger partial charge in [-0.15, -0.1) is 0 Å². The van der Waals surface area contributed by atoms with E-state index in [0.29, 0.717) is 32.8 Å². The number of hydrogen-bond donors (Lipinski definition) is 4. The highest BCUT2D eigenvalue weighted by Gasteiger charge is 2.08. The number of benzene rings is 3. The molecule has 8 heteroatoms. The van der Waals surface area contributed by atoms with Crippen LogP contribution in [-0.4, -0.2) is 12.1 Å². The van der Waals surface area contributed by atoms with Crippen molar-refractivity contribution in [2.75, 3.05) is 21.3 Å². The van der Waals surface area contributed by atoms with Crippen LogP contribution in [0.2, 0.25) is 10.0 Å². The van der Waals surface area contributed by atoms with E-state index in [1.54, 1.807) is 66.7 Å². The molecule has 29 heavy (non-hydrogen) atoms. The molecule has 0 aliphatic heterocycles. The Balaban J connectivity index is 1.59. The second-order valence-corrected chi connectivity index (χ2v) is 7.08. The number of halogens is 2. The zero-order chi connectivity index (χ0) is 20.8. The van der Waals surface area contributed by atoms with Crippen molar-refractivity contribution in [1.82, 2.24) is 0 Å². The van der Waals surface area contributed by atoms with Crippen LogP contribution in [0.5, 0.6) is 0 Å². The van der Waals surface area contributed by atoms with Crippen LogP contribution in [0.1, 0.15) is 5.56 Å². The minimum Gasteiger partial charge on any atom is -0.308 e. The van der Waals surface area contributed by atoms with Crippen LogP contribution in [0, 0.1) is 6.92 Å². The van der Waals surface area contributed by atoms with E-state index < -0.39 is 12.1 Å². The number of nitrogens with one attached hydrogen (secondary N) is 4. The van der Waals surface area contributed by atoms with Crippen LogP contribution in [0.15, 0.2) is 66.7 Å². The average Bonchev–Trinajstić information content (AvgIpc) is 2.64. The summed E-state index contributed by atoms with van der Waals surface area (Å²) in [6.45, 7) is 1.83. The van der Waals surface area contributed by atoms with Crippen molar-refractivity contribution < 1.29 is 9.59 Å². The first-order valence-corrected chi connectivity index (χ1v) is 9.42. The van der Waals surface area contributed by atoms with Crippen LogP contribution in [0.4, 0.5) is 32.3 Å². The summed E-state index contributed by atoms with van der Waals surface area (Å²) >= 11 is 11.8. The van der Waals surface area contributed by atoms with Gasteiger partial charge in [-0.3, -0.25) is 0 Å². The van der Waals surface area contributed by atoms with Gasteiger partial charge in [-0.1, -0.05) is 35.3 Å². The van der Waals surface area contributed by atoms with Crippen molar-refractivity contribution in [3.05, 3.63) is 82.3 Å². The molecule has 0 radical (unpaired) electrons. The topological polar surface area (TPSA) is 82.3 Å². The quantitative estimate of drug-likeness (QED) is 0.377. The second kappa shape index (κ2) is 9.32. The summed E-state index contributed by atoms with van der Waals surface area (Å²) in [5.74, 6) is 0. The van der Waals surface area contributed by atoms with Crippen molar-refractivity contribution in [3.8, 4) is 0 Å². The maximum atomic E-state index is 12.2. The van der Waals surface area contributed by atoms with Gasteiger partial charge in [0.05, 0.1) is 0 Å². The lowest BCUT2D eigenvalue weighted by Gasteiger charge is -2.13. The van der Waals surface area contributed by atoms with E-state index in [1.165, 1.54) is 0 Å². The van der Waals surface area contributed by atoms with E-state index in [1.807, 2.05) is 6.92 Å². The Morgan fingerprint density at radius 1 is 0.655 bits per heavy atom. The lowest BCUT2D eigenvalue weighted by atomic mass is 10.2. The monoisotopic (exact) mass is 428 g/mol. The number of carbonyl (C=O) groups excluding carboxylic acids is 2. The zero-order valence-corrected chi connectivity index (χ0v) is 16.9. The highest BCUT2D eigenvalue weighted by molar-refractivity contribution is 6.31. The summed E-state index contributed by atoms with van der Waals surface area (Å²) in [4.78, 5) is 24.3. The molecule has 3 aromatic carbocycles. The Labute approximate surface area is 178 Å². The summed E-state index contributed by atoms with van der Waals surface area (Å²) in [6, 6.07) is 18.1. The molecule has 0 aliphatic carbocycles. The number of hydrogen-bond acceptors (Lipinski definition) is 2. The van der Waals surface area contributed by atoms with Crippen LogP contribution in [0.25, 0.3) is 0 Å². The summed E-state index contributed by atoms with van der Waals surface area (Å²) in [5.41, 5.74) is 3.16. The van der Waals surface area contributed by atoms with E-state index in [2.05, 4.69) is 21.3 Å². The highest BCUT2D eigenvalue weighted by atomic mass is 35.5. The van der Waals surface area contributed by atoms with Gasteiger partial charge in [-0.25, -0.2) is 9.59 Å². The van der Waals surface area contributed by atoms with Crippen molar-refractivity contribution >= 4 is 58.0 Å². The third-order valence-corrected chi connectivity index (χ3v) is 4.37. The Bertz CT molecular complexity index is 1060. The van der Waals surface area contributed by atoms with Crippen LogP contribution in [-0.2, 0) is 0 Å². The molecule has 0 spiro atoms. The van der Waals surface area contributed by atoms with Gasteiger partial charge in [0.25, 0.3) is 0 Å². The van der Waals surface area contributed by atoms with Gasteiger partial charge >= 0.3 is 12.1 Å². The van der Waals surface area contributed by atoms with Gasteiger partial charge in [0.15, 0.2) is 0 Å². The van der Waals surface area contributed by atoms with E-state index >= 15 is 0 Å². The molecule has 0 unspecified atom stereocenters. The first-order chi connectivity index (χ1) is 13.9. The Hall–Kier alpha value is -3.22. The second-order valence-electron chi connectivity index (χ2n) is 6.21. The molecule has 3 rings (SSSR count). The van der Waals surface area contributed by atoms with E-state index in [0.717, 1.165) is 5.56 Å². The normalized spacial score (nSPS) is 10.2. The minimum absolute atomic E-state index is 0.394. The van der Waals surface area contributed by atoms with Crippen molar-refractivity contribution in [2.45, 2.75) is 6.92 Å². The molecule has 3 aromatic rings. The summed E-state index contributed by atoms with van der Waals surface area (Å²) in [7, 11) is 0. The van der Waals surface area contributed by atoms with Gasteiger partial charge in [-0.2, -0.15) is 0 Å². The van der Waals surface area contributed by atoms with Crippen LogP contribution >= 0.6 is 23.2 Å². The number of carbonyl (C=O) groups is 2. The number of aryl methyl sites for hydroxylation is 1. The van der Waals surface area contributed by atoms with Crippen molar-refractivity contribution in [3.63, 3.8) is 0 Å². The predicted molar refractivity (Wildman–Crippen MR) is 119 cm³/mol. The predicted octanol–water partition coefficient (Wildman–Crippen LogP) is 6.59. The van der Waals surface area contributed by atoms with Crippen molar-refractivity contribution in [1.29, 1.82) is 0 Å². The number of rotatable bonds is 4. The standard InChI is InChI=1S/C21H18Cl2N4O2/c1-13-10-18(26-20(28)24-16-6-2-4-14(22)11-16)8-9-19(13)27-21(29)25-17-7-3-5-15(23)12-17/h2-12H,1H3,(H2,24,26,28)(H2,25,27,29). The highest BCUT2D eigenvalue weighted by Crippen LogP contribution is 2.21. The molecule has 0 atom stereocenters. The molecule has 4 amide bonds. The van der Waals surface area contributed by atoms with Crippen LogP contribution in [0.3, 0.4) is 0 Å². The third-order valence-electron chi connectivity index (χ3n) is 3.90. The lowest BCUT2D eigenvalue weighted by Crippen LogP contribution is -2.21. The molecule has 0 bridgehead atoms. The fraction of sp³-hybridized carbons (Fsp3) is 0.0476. The fourth-order valence-corrected chi connectivity index (χ4v) is 2.97. The van der Waals surface area contributed by atoms with Gasteiger partial charge in [0.1, 0.15) is 0 Å². The van der Waals surface area contributed by atoms with Gasteiger partial charge in [-0.05, 0) is 67.1 Å². The first kappa shape index (κ1) is 20.5. The van der Waals surface area contributed by atoms with Gasteiger partial charge in [0.2, 0.25) is 0 Å². The number of urea groups is 2. The van der Waals surface area contributed by atoms with E-state index in [9.17, 15) is 9.59 Å². The summed E-state index contributed by atoms with van der Waals surface area (Å²) in [6.07, 6.45) is 0. The molecule has 0 saturated carbocycles. The average molecular weight is 429 g/mol. The maximum absolute atomic E-state index is 12.2. The molecule has 0 saturated heterocycles. The first-order valence-electron chi connectivity index (χ1n) is 8.67. The molecule has 0 fully saturated rings. The molecular weight excluding hydrogens is 411 g/mol. The largest absolute Gasteiger partial charge is 0.323 e. The van der Waals surface area contributed by atoms with Crippen LogP contribution < -0.4 is 21.3 Å². The number of amides is 4. The zero-order valence-electron chi connectivity index (χ0n) is 15.4. The molecule has 0 aromatic heterocycles. The summed E-state index contributed by atoms with van der Waals surface area (Å²) < 4.78 is 0. The van der Waals surface area contributed by atoms with Gasteiger partial charge in [0, 0.05) is 32.8 Å². The Kier molecular flexibility index (Phi) is 6.59. The molecule has 6 nitrogen and oxygen atoms in total. The minimum atomic E-state index is -0.397. The summed E-state index contributed by atoms with van der Waals surface area (Å²) in [5, 5.41) is 12.0. The number of anilines is 4. The van der Waals surface area contributed by atoms with E-state index in [4.69, 9.17) is 23.2 Å². The van der Waals surface area contributed by atoms with E-state index in [-0.39, 0.29) is 0 Å². The smallest absolute Gasteiger partial charge is 0.308 e. The Morgan fingerprint density at radius 3 is 1.62 bits per heavy atom. The maximum Gasteiger partial charge on any atom is 0.323 e. The third kappa shape index (κ3) is 6.14. The molecular formula is C21H18Cl2N4O2. The van der Waals surface area contributed by atoms with Gasteiger partial charge < -0.3 is 21.3 Å². The molecule has 0 aliphatic rings. The fourth-order valence-electron chi connectivity index (χ4n) is 2.59. The Morgan fingerprint density at radius 2 is 1.14 bits per heavy atom. The molecule has 0 heterocycles. The SMILES string of the molecule is Cc1cc(NC(=O)Nc2cccc(Cl)c2)ccc1NC(=O)Nc1cccc(Cl)c1. The molecule has 148 valence electrons. The molecule has 4 N–H and O–H groups in total. The van der Waals surface area contributed by atoms with Crippen molar-refractivity contribution in [2.24, 2.45) is 0 Å².